The molecule has 2 N–H and O–H groups in total. The fourth-order valence-electron chi connectivity index (χ4n) is 1.96. The summed E-state index contributed by atoms with van der Waals surface area (Å²) >= 11 is 5.87. The Labute approximate surface area is 131 Å². The van der Waals surface area contributed by atoms with Crippen molar-refractivity contribution in [3.05, 3.63) is 71.3 Å². The Morgan fingerprint density at radius 3 is 2.55 bits per heavy atom. The van der Waals surface area contributed by atoms with Gasteiger partial charge in [-0.3, -0.25) is 9.78 Å². The number of carbonyl (C=O) groups excluding carboxylic acids is 1. The number of rotatable bonds is 3. The molecular formula is C16H11ClN4O. The van der Waals surface area contributed by atoms with Gasteiger partial charge in [0.2, 0.25) is 5.78 Å². The number of halogens is 1. The van der Waals surface area contributed by atoms with Crippen LogP contribution >= 0.6 is 11.6 Å². The Kier molecular flexibility index (Phi) is 3.80. The third-order valence-corrected chi connectivity index (χ3v) is 3.33. The first-order chi connectivity index (χ1) is 10.6. The van der Waals surface area contributed by atoms with Crippen molar-refractivity contribution < 1.29 is 4.79 Å². The van der Waals surface area contributed by atoms with Crippen LogP contribution in [-0.2, 0) is 0 Å². The molecule has 0 aliphatic rings. The summed E-state index contributed by atoms with van der Waals surface area (Å²) in [7, 11) is 0. The normalized spacial score (nSPS) is 10.4. The fourth-order valence-corrected chi connectivity index (χ4v) is 2.09. The molecule has 0 atom stereocenters. The molecule has 2 heterocycles. The highest BCUT2D eigenvalue weighted by molar-refractivity contribution is 6.30. The first-order valence-electron chi connectivity index (χ1n) is 6.48. The largest absolute Gasteiger partial charge is 0.382 e. The maximum Gasteiger partial charge on any atom is 0.216 e. The lowest BCUT2D eigenvalue weighted by atomic mass is 10.1. The van der Waals surface area contributed by atoms with Gasteiger partial charge in [-0.2, -0.15) is 0 Å². The van der Waals surface area contributed by atoms with Crippen LogP contribution in [-0.4, -0.2) is 20.7 Å². The Morgan fingerprint density at radius 1 is 1.09 bits per heavy atom. The molecule has 0 bridgehead atoms. The molecule has 0 unspecified atom stereocenters. The van der Waals surface area contributed by atoms with E-state index in [1.807, 2.05) is 0 Å². The third kappa shape index (κ3) is 2.80. The summed E-state index contributed by atoms with van der Waals surface area (Å²) in [5.74, 6) is -0.222. The molecule has 6 heteroatoms. The van der Waals surface area contributed by atoms with Gasteiger partial charge in [0.25, 0.3) is 0 Å². The summed E-state index contributed by atoms with van der Waals surface area (Å²) in [6.45, 7) is 0. The van der Waals surface area contributed by atoms with Crippen LogP contribution in [0.25, 0.3) is 11.3 Å². The molecule has 108 valence electrons. The Balaban J connectivity index is 2.04. The molecule has 0 spiro atoms. The predicted octanol–water partition coefficient (Wildman–Crippen LogP) is 3.01. The SMILES string of the molecule is Nc1ncc(-c2ccc(Cl)cc2)nc1C(=O)c1cccnc1. The van der Waals surface area contributed by atoms with Gasteiger partial charge in [-0.15, -0.1) is 0 Å². The molecule has 3 rings (SSSR count). The van der Waals surface area contributed by atoms with Gasteiger partial charge >= 0.3 is 0 Å². The topological polar surface area (TPSA) is 81.8 Å². The zero-order valence-corrected chi connectivity index (χ0v) is 12.2. The van der Waals surface area contributed by atoms with E-state index in [1.165, 1.54) is 12.4 Å². The van der Waals surface area contributed by atoms with Crippen LogP contribution in [0.5, 0.6) is 0 Å². The predicted molar refractivity (Wildman–Crippen MR) is 84.6 cm³/mol. The van der Waals surface area contributed by atoms with Gasteiger partial charge in [-0.1, -0.05) is 23.7 Å². The minimum Gasteiger partial charge on any atom is -0.382 e. The second-order valence-electron chi connectivity index (χ2n) is 4.57. The van der Waals surface area contributed by atoms with E-state index in [9.17, 15) is 4.79 Å². The summed E-state index contributed by atoms with van der Waals surface area (Å²) in [4.78, 5) is 24.8. The zero-order valence-electron chi connectivity index (χ0n) is 11.4. The van der Waals surface area contributed by atoms with E-state index in [1.54, 1.807) is 42.6 Å². The molecule has 3 aromatic rings. The van der Waals surface area contributed by atoms with E-state index in [2.05, 4.69) is 15.0 Å². The number of nitrogen functional groups attached to an aromatic ring is 1. The van der Waals surface area contributed by atoms with Gasteiger partial charge in [-0.05, 0) is 24.3 Å². The number of ketones is 1. The van der Waals surface area contributed by atoms with Crippen LogP contribution in [0.3, 0.4) is 0 Å². The summed E-state index contributed by atoms with van der Waals surface area (Å²) in [5.41, 5.74) is 7.68. The lowest BCUT2D eigenvalue weighted by Gasteiger charge is -2.06. The van der Waals surface area contributed by atoms with Crippen LogP contribution < -0.4 is 5.73 Å². The lowest BCUT2D eigenvalue weighted by molar-refractivity contribution is 0.103. The molecular weight excluding hydrogens is 300 g/mol. The molecule has 22 heavy (non-hydrogen) atoms. The highest BCUT2D eigenvalue weighted by atomic mass is 35.5. The highest BCUT2D eigenvalue weighted by Crippen LogP contribution is 2.21. The highest BCUT2D eigenvalue weighted by Gasteiger charge is 2.16. The van der Waals surface area contributed by atoms with Crippen LogP contribution in [0.1, 0.15) is 16.1 Å². The van der Waals surface area contributed by atoms with E-state index in [0.29, 0.717) is 16.3 Å². The van der Waals surface area contributed by atoms with Crippen molar-refractivity contribution in [1.82, 2.24) is 15.0 Å². The first kappa shape index (κ1) is 14.2. The molecule has 0 amide bonds. The molecule has 0 aliphatic carbocycles. The van der Waals surface area contributed by atoms with Gasteiger partial charge in [0, 0.05) is 28.5 Å². The Morgan fingerprint density at radius 2 is 1.86 bits per heavy atom. The van der Waals surface area contributed by atoms with Crippen molar-refractivity contribution in [3.8, 4) is 11.3 Å². The molecule has 1 aromatic carbocycles. The summed E-state index contributed by atoms with van der Waals surface area (Å²) in [5, 5.41) is 0.624. The number of hydrogen-bond donors (Lipinski definition) is 1. The molecule has 0 saturated carbocycles. The maximum atomic E-state index is 12.5. The van der Waals surface area contributed by atoms with Crippen molar-refractivity contribution in [2.24, 2.45) is 0 Å². The fraction of sp³-hybridized carbons (Fsp3) is 0. The lowest BCUT2D eigenvalue weighted by Crippen LogP contribution is -2.10. The minimum absolute atomic E-state index is 0.0894. The number of pyridine rings is 1. The van der Waals surface area contributed by atoms with Crippen molar-refractivity contribution >= 4 is 23.2 Å². The van der Waals surface area contributed by atoms with Crippen molar-refractivity contribution in [1.29, 1.82) is 0 Å². The zero-order chi connectivity index (χ0) is 15.5. The van der Waals surface area contributed by atoms with Gasteiger partial charge in [0.1, 0.15) is 0 Å². The molecule has 0 saturated heterocycles. The second kappa shape index (κ2) is 5.91. The number of benzene rings is 1. The molecule has 0 radical (unpaired) electrons. The van der Waals surface area contributed by atoms with E-state index in [0.717, 1.165) is 5.56 Å². The van der Waals surface area contributed by atoms with Crippen LogP contribution in [0.2, 0.25) is 5.02 Å². The monoisotopic (exact) mass is 310 g/mol. The van der Waals surface area contributed by atoms with Gasteiger partial charge < -0.3 is 5.73 Å². The van der Waals surface area contributed by atoms with E-state index in [4.69, 9.17) is 17.3 Å². The Bertz CT molecular complexity index is 819. The third-order valence-electron chi connectivity index (χ3n) is 3.08. The molecule has 2 aromatic heterocycles. The average molecular weight is 311 g/mol. The Hall–Kier alpha value is -2.79. The van der Waals surface area contributed by atoms with E-state index >= 15 is 0 Å². The average Bonchev–Trinajstić information content (AvgIpc) is 2.56. The smallest absolute Gasteiger partial charge is 0.216 e. The molecule has 5 nitrogen and oxygen atoms in total. The number of aromatic nitrogens is 3. The van der Waals surface area contributed by atoms with Crippen LogP contribution in [0.4, 0.5) is 5.82 Å². The van der Waals surface area contributed by atoms with Crippen molar-refractivity contribution in [2.75, 3.05) is 5.73 Å². The summed E-state index contributed by atoms with van der Waals surface area (Å²) in [6.07, 6.45) is 4.59. The van der Waals surface area contributed by atoms with Crippen LogP contribution in [0, 0.1) is 0 Å². The van der Waals surface area contributed by atoms with Crippen LogP contribution in [0.15, 0.2) is 55.0 Å². The number of carbonyl (C=O) groups is 1. The van der Waals surface area contributed by atoms with Crippen molar-refractivity contribution in [2.45, 2.75) is 0 Å². The maximum absolute atomic E-state index is 12.5. The summed E-state index contributed by atoms with van der Waals surface area (Å²) in [6, 6.07) is 10.4. The standard InChI is InChI=1S/C16H11ClN4O/c17-12-5-3-10(4-6-12)13-9-20-16(18)14(21-13)15(22)11-2-1-7-19-8-11/h1-9H,(H2,18,20). The summed E-state index contributed by atoms with van der Waals surface area (Å²) < 4.78 is 0. The quantitative estimate of drug-likeness (QED) is 0.752. The second-order valence-corrected chi connectivity index (χ2v) is 5.00. The molecule has 0 aliphatic heterocycles. The van der Waals surface area contributed by atoms with Crippen molar-refractivity contribution in [3.63, 3.8) is 0 Å². The minimum atomic E-state index is -0.311. The van der Waals surface area contributed by atoms with Gasteiger partial charge in [0.15, 0.2) is 11.5 Å². The number of nitrogens with two attached hydrogens (primary N) is 1. The first-order valence-corrected chi connectivity index (χ1v) is 6.86. The van der Waals surface area contributed by atoms with Gasteiger partial charge in [0.05, 0.1) is 11.9 Å². The molecule has 0 fully saturated rings. The van der Waals surface area contributed by atoms with E-state index in [-0.39, 0.29) is 17.3 Å². The number of nitrogens with zero attached hydrogens (tertiary/aromatic N) is 3. The number of hydrogen-bond acceptors (Lipinski definition) is 5. The van der Waals surface area contributed by atoms with Gasteiger partial charge in [-0.25, -0.2) is 9.97 Å². The number of anilines is 1. The van der Waals surface area contributed by atoms with E-state index < -0.39 is 0 Å².